The molecule has 0 bridgehead atoms. The van der Waals surface area contributed by atoms with Crippen molar-refractivity contribution in [1.29, 1.82) is 0 Å². The molecule has 0 unspecified atom stereocenters. The number of carbonyl (C=O) groups excluding carboxylic acids is 1. The fourth-order valence-electron chi connectivity index (χ4n) is 2.91. The van der Waals surface area contributed by atoms with Gasteiger partial charge in [0.05, 0.1) is 5.69 Å². The Morgan fingerprint density at radius 1 is 1.00 bits per heavy atom. The fourth-order valence-corrected chi connectivity index (χ4v) is 2.91. The van der Waals surface area contributed by atoms with Crippen molar-refractivity contribution in [3.8, 4) is 0 Å². The van der Waals surface area contributed by atoms with Crippen LogP contribution in [0.5, 0.6) is 0 Å². The van der Waals surface area contributed by atoms with Gasteiger partial charge in [0.15, 0.2) is 0 Å². The van der Waals surface area contributed by atoms with Crippen molar-refractivity contribution in [2.24, 2.45) is 5.92 Å². The van der Waals surface area contributed by atoms with E-state index in [1.54, 1.807) is 30.3 Å². The lowest BCUT2D eigenvalue weighted by atomic mass is 10.2. The van der Waals surface area contributed by atoms with Gasteiger partial charge in [-0.1, -0.05) is 24.3 Å². The van der Waals surface area contributed by atoms with Crippen LogP contribution in [-0.2, 0) is 4.79 Å². The summed E-state index contributed by atoms with van der Waals surface area (Å²) in [5.74, 6) is -0.283. The molecule has 6 nitrogen and oxygen atoms in total. The summed E-state index contributed by atoms with van der Waals surface area (Å²) in [6, 6.07) is 15.4. The van der Waals surface area contributed by atoms with E-state index in [0.29, 0.717) is 11.4 Å². The van der Waals surface area contributed by atoms with Crippen LogP contribution in [0.15, 0.2) is 66.9 Å². The summed E-state index contributed by atoms with van der Waals surface area (Å²) < 4.78 is 41.1. The molecular weight excluding hydrogens is 395 g/mol. The maximum atomic E-state index is 13.7. The first-order chi connectivity index (χ1) is 14.4. The molecule has 1 fully saturated rings. The molecule has 1 saturated carbocycles. The zero-order valence-electron chi connectivity index (χ0n) is 15.7. The zero-order chi connectivity index (χ0) is 21.1. The van der Waals surface area contributed by atoms with Gasteiger partial charge in [0.25, 0.3) is 0 Å². The zero-order valence-corrected chi connectivity index (χ0v) is 15.7. The van der Waals surface area contributed by atoms with Gasteiger partial charge in [0, 0.05) is 23.5 Å². The molecule has 154 valence electrons. The van der Waals surface area contributed by atoms with Gasteiger partial charge in [-0.25, -0.2) is 9.88 Å². The number of halogens is 3. The molecule has 3 aromatic rings. The number of hydrogen-bond donors (Lipinski definition) is 2. The maximum Gasteiger partial charge on any atom is 0.490 e. The van der Waals surface area contributed by atoms with Crippen LogP contribution in [0.2, 0.25) is 0 Å². The number of anilines is 5. The Bertz CT molecular complexity index is 1040. The molecule has 1 amide bonds. The van der Waals surface area contributed by atoms with Gasteiger partial charge >= 0.3 is 6.30 Å². The monoisotopic (exact) mass is 413 g/mol. The standard InChI is InChI=1S/C21H18F3N5O/c22-21(23,24)29(17-7-2-1-3-8-17)18-11-12-25-20(28-18)27-16-6-4-5-15(13-16)26-19(30)14-9-10-14/h1-8,11-14H,9-10H2,(H,26,30)(H,25,27,28). The summed E-state index contributed by atoms with van der Waals surface area (Å²) in [5, 5.41) is 5.72. The minimum absolute atomic E-state index is 0.00310. The quantitative estimate of drug-likeness (QED) is 0.542. The molecule has 1 heterocycles. The molecule has 1 aliphatic rings. The van der Waals surface area contributed by atoms with E-state index in [9.17, 15) is 18.0 Å². The van der Waals surface area contributed by atoms with E-state index in [1.165, 1.54) is 36.5 Å². The van der Waals surface area contributed by atoms with Crippen molar-refractivity contribution in [1.82, 2.24) is 9.97 Å². The molecule has 30 heavy (non-hydrogen) atoms. The van der Waals surface area contributed by atoms with E-state index in [-0.39, 0.29) is 34.2 Å². The third-order valence-corrected chi connectivity index (χ3v) is 4.47. The predicted molar refractivity (Wildman–Crippen MR) is 108 cm³/mol. The van der Waals surface area contributed by atoms with Crippen LogP contribution in [0, 0.1) is 5.92 Å². The van der Waals surface area contributed by atoms with Gasteiger partial charge in [-0.2, -0.15) is 4.98 Å². The molecule has 2 N–H and O–H groups in total. The number of hydrogen-bond acceptors (Lipinski definition) is 5. The second-order valence-electron chi connectivity index (χ2n) is 6.85. The van der Waals surface area contributed by atoms with Crippen molar-refractivity contribution in [3.05, 3.63) is 66.9 Å². The number of alkyl halides is 3. The average Bonchev–Trinajstić information content (AvgIpc) is 3.54. The molecule has 0 atom stereocenters. The van der Waals surface area contributed by atoms with Crippen molar-refractivity contribution < 1.29 is 18.0 Å². The van der Waals surface area contributed by atoms with Crippen LogP contribution < -0.4 is 15.5 Å². The molecule has 2 aromatic carbocycles. The van der Waals surface area contributed by atoms with Gasteiger partial charge in [-0.15, -0.1) is 13.2 Å². The highest BCUT2D eigenvalue weighted by molar-refractivity contribution is 5.94. The Morgan fingerprint density at radius 2 is 1.73 bits per heavy atom. The Kier molecular flexibility index (Phi) is 5.26. The van der Waals surface area contributed by atoms with E-state index >= 15 is 0 Å². The number of nitrogens with one attached hydrogen (secondary N) is 2. The number of carbonyl (C=O) groups is 1. The third kappa shape index (κ3) is 4.68. The topological polar surface area (TPSA) is 70.2 Å². The number of amides is 1. The fraction of sp³-hybridized carbons (Fsp3) is 0.190. The number of benzene rings is 2. The van der Waals surface area contributed by atoms with Crippen molar-refractivity contribution in [3.63, 3.8) is 0 Å². The molecule has 1 aliphatic carbocycles. The van der Waals surface area contributed by atoms with Crippen LogP contribution >= 0.6 is 0 Å². The highest BCUT2D eigenvalue weighted by Crippen LogP contribution is 2.35. The minimum Gasteiger partial charge on any atom is -0.326 e. The molecule has 0 aliphatic heterocycles. The highest BCUT2D eigenvalue weighted by Gasteiger charge is 2.39. The molecule has 0 spiro atoms. The van der Waals surface area contributed by atoms with E-state index in [1.807, 2.05) is 0 Å². The highest BCUT2D eigenvalue weighted by atomic mass is 19.4. The van der Waals surface area contributed by atoms with Gasteiger partial charge in [-0.05, 0) is 49.2 Å². The average molecular weight is 413 g/mol. The summed E-state index contributed by atoms with van der Waals surface area (Å²) in [4.78, 5) is 20.2. The maximum absolute atomic E-state index is 13.7. The van der Waals surface area contributed by atoms with Gasteiger partial charge in [0.1, 0.15) is 5.82 Å². The Balaban J connectivity index is 1.56. The van der Waals surface area contributed by atoms with Crippen molar-refractivity contribution in [2.75, 3.05) is 15.5 Å². The Hall–Kier alpha value is -3.62. The summed E-state index contributed by atoms with van der Waals surface area (Å²) in [7, 11) is 0. The van der Waals surface area contributed by atoms with Crippen LogP contribution in [-0.4, -0.2) is 22.2 Å². The van der Waals surface area contributed by atoms with E-state index in [0.717, 1.165) is 12.8 Å². The molecule has 4 rings (SSSR count). The molecule has 0 radical (unpaired) electrons. The largest absolute Gasteiger partial charge is 0.490 e. The summed E-state index contributed by atoms with van der Waals surface area (Å²) in [5.41, 5.74) is 1.08. The SMILES string of the molecule is O=C(Nc1cccc(Nc2nccc(N(c3ccccc3)C(F)(F)F)n2)c1)C1CC1. The predicted octanol–water partition coefficient (Wildman–Crippen LogP) is 5.23. The first-order valence-electron chi connectivity index (χ1n) is 9.33. The normalized spacial score (nSPS) is 13.6. The number of aromatic nitrogens is 2. The van der Waals surface area contributed by atoms with E-state index in [2.05, 4.69) is 20.6 Å². The molecular formula is C21H18F3N5O. The molecule has 0 saturated heterocycles. The van der Waals surface area contributed by atoms with Crippen LogP contribution in [0.4, 0.5) is 42.0 Å². The van der Waals surface area contributed by atoms with E-state index in [4.69, 9.17) is 0 Å². The Labute approximate surface area is 170 Å². The Morgan fingerprint density at radius 3 is 2.43 bits per heavy atom. The number of nitrogens with zero attached hydrogens (tertiary/aromatic N) is 3. The second kappa shape index (κ2) is 8.02. The number of rotatable bonds is 6. The molecule has 9 heteroatoms. The van der Waals surface area contributed by atoms with Crippen molar-refractivity contribution >= 4 is 34.7 Å². The van der Waals surface area contributed by atoms with Gasteiger partial charge in [0.2, 0.25) is 11.9 Å². The van der Waals surface area contributed by atoms with Gasteiger partial charge < -0.3 is 10.6 Å². The van der Waals surface area contributed by atoms with Crippen LogP contribution in [0.1, 0.15) is 12.8 Å². The van der Waals surface area contributed by atoms with E-state index < -0.39 is 6.30 Å². The second-order valence-corrected chi connectivity index (χ2v) is 6.85. The summed E-state index contributed by atoms with van der Waals surface area (Å²) >= 11 is 0. The first kappa shape index (κ1) is 19.7. The lowest BCUT2D eigenvalue weighted by molar-refractivity contribution is -0.121. The van der Waals surface area contributed by atoms with Crippen LogP contribution in [0.3, 0.4) is 0 Å². The number of para-hydroxylation sites is 1. The first-order valence-corrected chi connectivity index (χ1v) is 9.33. The summed E-state index contributed by atoms with van der Waals surface area (Å²) in [6.45, 7) is 0. The summed E-state index contributed by atoms with van der Waals surface area (Å²) in [6.07, 6.45) is -1.63. The van der Waals surface area contributed by atoms with Gasteiger partial charge in [-0.3, -0.25) is 4.79 Å². The van der Waals surface area contributed by atoms with Crippen LogP contribution in [0.25, 0.3) is 0 Å². The molecule has 1 aromatic heterocycles. The van der Waals surface area contributed by atoms with Crippen molar-refractivity contribution in [2.45, 2.75) is 19.1 Å². The smallest absolute Gasteiger partial charge is 0.326 e. The lowest BCUT2D eigenvalue weighted by Crippen LogP contribution is -2.34. The third-order valence-electron chi connectivity index (χ3n) is 4.47. The minimum atomic E-state index is -4.67. The lowest BCUT2D eigenvalue weighted by Gasteiger charge is -2.26.